The molecule has 7 nitrogen and oxygen atoms in total. The van der Waals surface area contributed by atoms with E-state index in [9.17, 15) is 19.2 Å². The van der Waals surface area contributed by atoms with Gasteiger partial charge in [0.15, 0.2) is 0 Å². The Labute approximate surface area is 182 Å². The standard InChI is InChI=1S/C24H15FN4O3/c1-2-10-28-18-9-4-3-8-16(18)24(23(28)31)17(12-26)21(27)29(15-7-5-6-14(25)11-15)19-13-32-22(30)20(19)24/h1,3-9,11H,10,13,27H2/t24-/m0/s1. The molecule has 5 rings (SSSR count). The number of benzene rings is 2. The summed E-state index contributed by atoms with van der Waals surface area (Å²) in [4.78, 5) is 29.7. The van der Waals surface area contributed by atoms with Crippen molar-refractivity contribution in [2.75, 3.05) is 23.0 Å². The second-order valence-corrected chi connectivity index (χ2v) is 7.45. The summed E-state index contributed by atoms with van der Waals surface area (Å²) in [5.74, 6) is 0.545. The molecule has 8 heteroatoms. The average Bonchev–Trinajstić information content (AvgIpc) is 3.27. The minimum atomic E-state index is -1.79. The number of hydrogen-bond donors (Lipinski definition) is 1. The van der Waals surface area contributed by atoms with E-state index in [1.165, 1.54) is 28.0 Å². The number of carbonyl (C=O) groups excluding carboxylic acids is 2. The first-order valence-corrected chi connectivity index (χ1v) is 9.68. The number of halogens is 1. The minimum Gasteiger partial charge on any atom is -0.456 e. The van der Waals surface area contributed by atoms with Crippen molar-refractivity contribution in [3.63, 3.8) is 0 Å². The van der Waals surface area contributed by atoms with E-state index in [2.05, 4.69) is 5.92 Å². The minimum absolute atomic E-state index is 0.00974. The van der Waals surface area contributed by atoms with Crippen LogP contribution in [-0.2, 0) is 19.7 Å². The highest BCUT2D eigenvalue weighted by Crippen LogP contribution is 2.56. The molecule has 3 aliphatic heterocycles. The molecule has 0 unspecified atom stereocenters. The number of cyclic esters (lactones) is 1. The van der Waals surface area contributed by atoms with Gasteiger partial charge >= 0.3 is 5.97 Å². The van der Waals surface area contributed by atoms with Gasteiger partial charge in [-0.2, -0.15) is 5.26 Å². The van der Waals surface area contributed by atoms with E-state index < -0.39 is 23.1 Å². The summed E-state index contributed by atoms with van der Waals surface area (Å²) in [6.07, 6.45) is 5.49. The zero-order chi connectivity index (χ0) is 22.6. The molecule has 0 saturated heterocycles. The Morgan fingerprint density at radius 2 is 2.00 bits per heavy atom. The van der Waals surface area contributed by atoms with Crippen molar-refractivity contribution in [2.24, 2.45) is 5.73 Å². The summed E-state index contributed by atoms with van der Waals surface area (Å²) in [5.41, 5.74) is 6.00. The Morgan fingerprint density at radius 1 is 1.22 bits per heavy atom. The van der Waals surface area contributed by atoms with Gasteiger partial charge in [0.2, 0.25) is 5.91 Å². The van der Waals surface area contributed by atoms with Gasteiger partial charge in [0.05, 0.1) is 29.1 Å². The Bertz CT molecular complexity index is 1360. The van der Waals surface area contributed by atoms with Gasteiger partial charge in [-0.15, -0.1) is 6.42 Å². The summed E-state index contributed by atoms with van der Waals surface area (Å²) in [6.45, 7) is -0.238. The first-order chi connectivity index (χ1) is 15.5. The van der Waals surface area contributed by atoms with Crippen LogP contribution in [0.4, 0.5) is 15.8 Å². The molecule has 0 saturated carbocycles. The number of hydrogen-bond acceptors (Lipinski definition) is 6. The van der Waals surface area contributed by atoms with Crippen molar-refractivity contribution in [2.45, 2.75) is 5.41 Å². The number of ether oxygens (including phenoxy) is 1. The lowest BCUT2D eigenvalue weighted by Crippen LogP contribution is -2.50. The molecule has 1 amide bonds. The number of para-hydroxylation sites is 1. The third kappa shape index (κ3) is 2.24. The summed E-state index contributed by atoms with van der Waals surface area (Å²) in [6, 6.07) is 14.4. The first-order valence-electron chi connectivity index (χ1n) is 9.68. The van der Waals surface area contributed by atoms with Crippen LogP contribution in [0, 0.1) is 29.5 Å². The topological polar surface area (TPSA) is 99.7 Å². The molecular weight excluding hydrogens is 411 g/mol. The van der Waals surface area contributed by atoms with Gasteiger partial charge in [0.1, 0.15) is 29.7 Å². The molecule has 1 spiro atoms. The average molecular weight is 426 g/mol. The molecule has 0 aliphatic carbocycles. The van der Waals surface area contributed by atoms with Crippen LogP contribution in [0.2, 0.25) is 0 Å². The van der Waals surface area contributed by atoms with Gasteiger partial charge in [0.25, 0.3) is 0 Å². The fourth-order valence-electron chi connectivity index (χ4n) is 4.75. The maximum absolute atomic E-state index is 14.0. The van der Waals surface area contributed by atoms with Gasteiger partial charge < -0.3 is 10.5 Å². The number of esters is 1. The highest BCUT2D eigenvalue weighted by atomic mass is 19.1. The van der Waals surface area contributed by atoms with E-state index >= 15 is 0 Å². The van der Waals surface area contributed by atoms with Crippen molar-refractivity contribution in [3.8, 4) is 18.4 Å². The number of nitrogens with two attached hydrogens (primary N) is 1. The summed E-state index contributed by atoms with van der Waals surface area (Å²) in [5, 5.41) is 10.2. The van der Waals surface area contributed by atoms with Crippen LogP contribution in [0.25, 0.3) is 0 Å². The van der Waals surface area contributed by atoms with Gasteiger partial charge in [0, 0.05) is 11.3 Å². The molecule has 32 heavy (non-hydrogen) atoms. The van der Waals surface area contributed by atoms with Crippen LogP contribution in [-0.4, -0.2) is 25.0 Å². The normalized spacial score (nSPS) is 21.5. The predicted octanol–water partition coefficient (Wildman–Crippen LogP) is 2.07. The Balaban J connectivity index is 1.87. The Morgan fingerprint density at radius 3 is 2.72 bits per heavy atom. The Hall–Kier alpha value is -4.56. The van der Waals surface area contributed by atoms with E-state index in [0.717, 1.165) is 0 Å². The molecule has 3 aliphatic rings. The molecule has 2 aromatic rings. The van der Waals surface area contributed by atoms with Crippen LogP contribution in [0.3, 0.4) is 0 Å². The van der Waals surface area contributed by atoms with Crippen LogP contribution in [0.5, 0.6) is 0 Å². The fourth-order valence-corrected chi connectivity index (χ4v) is 4.75. The highest BCUT2D eigenvalue weighted by molar-refractivity contribution is 6.20. The number of anilines is 2. The number of nitriles is 1. The third-order valence-electron chi connectivity index (χ3n) is 5.94. The lowest BCUT2D eigenvalue weighted by Gasteiger charge is -2.38. The molecule has 0 radical (unpaired) electrons. The lowest BCUT2D eigenvalue weighted by molar-refractivity contribution is -0.137. The number of rotatable bonds is 2. The van der Waals surface area contributed by atoms with Crippen LogP contribution in [0.1, 0.15) is 5.56 Å². The molecule has 1 atom stereocenters. The maximum atomic E-state index is 14.0. The largest absolute Gasteiger partial charge is 0.456 e. The summed E-state index contributed by atoms with van der Waals surface area (Å²) >= 11 is 0. The Kier molecular flexibility index (Phi) is 4.08. The lowest BCUT2D eigenvalue weighted by atomic mass is 9.67. The van der Waals surface area contributed by atoms with Crippen molar-refractivity contribution in [1.29, 1.82) is 5.26 Å². The number of carbonyl (C=O) groups is 2. The molecule has 0 fully saturated rings. The van der Waals surface area contributed by atoms with E-state index in [1.807, 2.05) is 6.07 Å². The second-order valence-electron chi connectivity index (χ2n) is 7.45. The van der Waals surface area contributed by atoms with E-state index in [1.54, 1.807) is 30.3 Å². The van der Waals surface area contributed by atoms with E-state index in [0.29, 0.717) is 16.9 Å². The SMILES string of the molecule is C#CCN1C(=O)[C@]2(C(C#N)=C(N)N(c3cccc(F)c3)C3=C2C(=O)OC3)c2ccccc21. The molecule has 156 valence electrons. The fraction of sp³-hybridized carbons (Fsp3) is 0.125. The molecule has 2 N–H and O–H groups in total. The monoisotopic (exact) mass is 426 g/mol. The number of nitrogens with zero attached hydrogens (tertiary/aromatic N) is 3. The molecule has 2 aromatic carbocycles. The van der Waals surface area contributed by atoms with Gasteiger partial charge in [-0.25, -0.2) is 9.18 Å². The van der Waals surface area contributed by atoms with Crippen molar-refractivity contribution in [3.05, 3.63) is 82.6 Å². The summed E-state index contributed by atoms with van der Waals surface area (Å²) in [7, 11) is 0. The molecule has 0 aromatic heterocycles. The number of fused-ring (bicyclic) bond motifs is 3. The first kappa shape index (κ1) is 19.4. The molecular formula is C24H15FN4O3. The smallest absolute Gasteiger partial charge is 0.338 e. The van der Waals surface area contributed by atoms with Gasteiger partial charge in [-0.05, 0) is 24.3 Å². The second kappa shape index (κ2) is 6.73. The molecule has 0 bridgehead atoms. The summed E-state index contributed by atoms with van der Waals surface area (Å²) < 4.78 is 19.3. The van der Waals surface area contributed by atoms with Gasteiger partial charge in [-0.1, -0.05) is 30.2 Å². The van der Waals surface area contributed by atoms with Crippen molar-refractivity contribution < 1.29 is 18.7 Å². The van der Waals surface area contributed by atoms with Crippen LogP contribution in [0.15, 0.2) is 71.2 Å². The van der Waals surface area contributed by atoms with E-state index in [4.69, 9.17) is 16.9 Å². The number of amides is 1. The van der Waals surface area contributed by atoms with Crippen LogP contribution < -0.4 is 15.5 Å². The molecule has 3 heterocycles. The third-order valence-corrected chi connectivity index (χ3v) is 5.94. The van der Waals surface area contributed by atoms with Crippen LogP contribution >= 0.6 is 0 Å². The number of terminal acetylenes is 1. The van der Waals surface area contributed by atoms with E-state index in [-0.39, 0.29) is 35.8 Å². The van der Waals surface area contributed by atoms with Gasteiger partial charge in [-0.3, -0.25) is 14.6 Å². The van der Waals surface area contributed by atoms with Crippen molar-refractivity contribution >= 4 is 23.3 Å². The maximum Gasteiger partial charge on any atom is 0.338 e. The quantitative estimate of drug-likeness (QED) is 0.583. The highest BCUT2D eigenvalue weighted by Gasteiger charge is 2.63. The zero-order valence-electron chi connectivity index (χ0n) is 16.6. The predicted molar refractivity (Wildman–Crippen MR) is 113 cm³/mol. The van der Waals surface area contributed by atoms with Crippen molar-refractivity contribution in [1.82, 2.24) is 0 Å². The zero-order valence-corrected chi connectivity index (χ0v) is 16.6.